The van der Waals surface area contributed by atoms with Gasteiger partial charge in [-0.1, -0.05) is 0 Å². The Labute approximate surface area is 141 Å². The zero-order chi connectivity index (χ0) is 16.8. The topological polar surface area (TPSA) is 75.4 Å². The molecule has 0 unspecified atom stereocenters. The first-order chi connectivity index (χ1) is 11.8. The number of hydrogen-bond acceptors (Lipinski definition) is 3. The van der Waals surface area contributed by atoms with Gasteiger partial charge < -0.3 is 25.1 Å². The Hall–Kier alpha value is -2.21. The molecule has 1 fully saturated rings. The first-order valence-corrected chi connectivity index (χ1v) is 8.53. The average molecular weight is 331 g/mol. The van der Waals surface area contributed by atoms with E-state index in [2.05, 4.69) is 15.6 Å². The van der Waals surface area contributed by atoms with Crippen LogP contribution in [0.2, 0.25) is 0 Å². The van der Waals surface area contributed by atoms with Crippen LogP contribution in [-0.4, -0.2) is 43.9 Å². The number of carbonyl (C=O) groups is 1. The van der Waals surface area contributed by atoms with Crippen molar-refractivity contribution in [3.8, 4) is 5.75 Å². The van der Waals surface area contributed by atoms with Crippen LogP contribution in [0.25, 0.3) is 10.9 Å². The number of aromatic amines is 1. The van der Waals surface area contributed by atoms with Crippen molar-refractivity contribution >= 4 is 16.9 Å². The van der Waals surface area contributed by atoms with Crippen molar-refractivity contribution in [3.63, 3.8) is 0 Å². The van der Waals surface area contributed by atoms with E-state index in [0.29, 0.717) is 19.2 Å². The van der Waals surface area contributed by atoms with Gasteiger partial charge in [-0.05, 0) is 49.4 Å². The third kappa shape index (κ3) is 4.20. The lowest BCUT2D eigenvalue weighted by molar-refractivity contribution is 0.104. The lowest BCUT2D eigenvalue weighted by Crippen LogP contribution is -2.37. The first kappa shape index (κ1) is 16.6. The molecule has 0 saturated carbocycles. The molecule has 6 nitrogen and oxygen atoms in total. The van der Waals surface area contributed by atoms with E-state index in [0.717, 1.165) is 48.9 Å². The number of ether oxygens (including phenoxy) is 2. The highest BCUT2D eigenvalue weighted by Crippen LogP contribution is 2.23. The van der Waals surface area contributed by atoms with Crippen LogP contribution in [0.5, 0.6) is 5.75 Å². The number of benzene rings is 1. The van der Waals surface area contributed by atoms with Crippen LogP contribution in [0.15, 0.2) is 24.4 Å². The summed E-state index contributed by atoms with van der Waals surface area (Å²) >= 11 is 0. The molecule has 2 aromatic rings. The van der Waals surface area contributed by atoms with Gasteiger partial charge in [-0.2, -0.15) is 0 Å². The minimum Gasteiger partial charge on any atom is -0.497 e. The molecule has 0 spiro atoms. The van der Waals surface area contributed by atoms with Crippen molar-refractivity contribution in [3.05, 3.63) is 30.0 Å². The summed E-state index contributed by atoms with van der Waals surface area (Å²) in [5, 5.41) is 6.93. The highest BCUT2D eigenvalue weighted by molar-refractivity contribution is 5.84. The summed E-state index contributed by atoms with van der Waals surface area (Å²) in [6.07, 6.45) is 6.19. The van der Waals surface area contributed by atoms with Gasteiger partial charge in [-0.3, -0.25) is 0 Å². The number of H-pyrrole nitrogens is 1. The number of urea groups is 1. The maximum absolute atomic E-state index is 11.8. The normalized spacial score (nSPS) is 17.1. The maximum atomic E-state index is 11.8. The number of hydrogen-bond donors (Lipinski definition) is 3. The minimum atomic E-state index is -0.120. The second-order valence-corrected chi connectivity index (χ2v) is 6.08. The van der Waals surface area contributed by atoms with Crippen molar-refractivity contribution in [2.24, 2.45) is 0 Å². The van der Waals surface area contributed by atoms with Crippen LogP contribution >= 0.6 is 0 Å². The Morgan fingerprint density at radius 2 is 2.25 bits per heavy atom. The number of fused-ring (bicyclic) bond motifs is 1. The smallest absolute Gasteiger partial charge is 0.314 e. The SMILES string of the molecule is COc1ccc2[nH]cc(CCNC(=O)NCC[C@H]3CCCO3)c2c1. The zero-order valence-corrected chi connectivity index (χ0v) is 14.1. The van der Waals surface area contributed by atoms with E-state index >= 15 is 0 Å². The molecular weight excluding hydrogens is 306 g/mol. The molecule has 1 saturated heterocycles. The standard InChI is InChI=1S/C18H25N3O3/c1-23-15-4-5-17-16(11-15)13(12-21-17)6-8-19-18(22)20-9-7-14-3-2-10-24-14/h4-5,11-12,14,21H,2-3,6-10H2,1H3,(H2,19,20,22)/t14-/m1/s1. The molecular formula is C18H25N3O3. The Bertz CT molecular complexity index is 677. The summed E-state index contributed by atoms with van der Waals surface area (Å²) in [5.74, 6) is 0.836. The van der Waals surface area contributed by atoms with Crippen molar-refractivity contribution in [1.82, 2.24) is 15.6 Å². The minimum absolute atomic E-state index is 0.120. The first-order valence-electron chi connectivity index (χ1n) is 8.53. The van der Waals surface area contributed by atoms with E-state index in [9.17, 15) is 4.79 Å². The highest BCUT2D eigenvalue weighted by Gasteiger charge is 2.15. The van der Waals surface area contributed by atoms with Crippen LogP contribution < -0.4 is 15.4 Å². The summed E-state index contributed by atoms with van der Waals surface area (Å²) in [6, 6.07) is 5.83. The molecule has 2 heterocycles. The Balaban J connectivity index is 1.41. The molecule has 0 aliphatic carbocycles. The molecule has 1 aromatic carbocycles. The van der Waals surface area contributed by atoms with E-state index in [-0.39, 0.29) is 6.03 Å². The predicted molar refractivity (Wildman–Crippen MR) is 93.5 cm³/mol. The molecule has 3 N–H and O–H groups in total. The van der Waals surface area contributed by atoms with Crippen LogP contribution in [0.1, 0.15) is 24.8 Å². The Morgan fingerprint density at radius 3 is 3.04 bits per heavy atom. The van der Waals surface area contributed by atoms with Crippen LogP contribution in [0.3, 0.4) is 0 Å². The van der Waals surface area contributed by atoms with Crippen LogP contribution in [-0.2, 0) is 11.2 Å². The molecule has 24 heavy (non-hydrogen) atoms. The van der Waals surface area contributed by atoms with Gasteiger partial charge in [0.25, 0.3) is 0 Å². The second kappa shape index (κ2) is 8.06. The number of carbonyl (C=O) groups excluding carboxylic acids is 1. The van der Waals surface area contributed by atoms with E-state index < -0.39 is 0 Å². The fraction of sp³-hybridized carbons (Fsp3) is 0.500. The molecule has 1 aromatic heterocycles. The monoisotopic (exact) mass is 331 g/mol. The van der Waals surface area contributed by atoms with Gasteiger partial charge in [0.05, 0.1) is 13.2 Å². The number of nitrogens with one attached hydrogen (secondary N) is 3. The van der Waals surface area contributed by atoms with E-state index in [4.69, 9.17) is 9.47 Å². The van der Waals surface area contributed by atoms with Crippen LogP contribution in [0, 0.1) is 0 Å². The number of amides is 2. The highest BCUT2D eigenvalue weighted by atomic mass is 16.5. The summed E-state index contributed by atoms with van der Waals surface area (Å²) in [6.45, 7) is 2.10. The zero-order valence-electron chi connectivity index (χ0n) is 14.1. The van der Waals surface area contributed by atoms with Crippen LogP contribution in [0.4, 0.5) is 4.79 Å². The molecule has 2 amide bonds. The average Bonchev–Trinajstić information content (AvgIpc) is 3.24. The van der Waals surface area contributed by atoms with Crippen molar-refractivity contribution in [2.45, 2.75) is 31.8 Å². The lowest BCUT2D eigenvalue weighted by Gasteiger charge is -2.11. The van der Waals surface area contributed by atoms with Gasteiger partial charge in [-0.25, -0.2) is 4.79 Å². The number of rotatable bonds is 7. The van der Waals surface area contributed by atoms with Gasteiger partial charge in [-0.15, -0.1) is 0 Å². The van der Waals surface area contributed by atoms with E-state index in [1.165, 1.54) is 5.56 Å². The molecule has 3 rings (SSSR count). The summed E-state index contributed by atoms with van der Waals surface area (Å²) in [4.78, 5) is 15.1. The fourth-order valence-corrected chi connectivity index (χ4v) is 3.08. The lowest BCUT2D eigenvalue weighted by atomic mass is 10.1. The summed E-state index contributed by atoms with van der Waals surface area (Å²) in [7, 11) is 1.66. The third-order valence-electron chi connectivity index (χ3n) is 4.43. The predicted octanol–water partition coefficient (Wildman–Crippen LogP) is 2.59. The Morgan fingerprint density at radius 1 is 1.38 bits per heavy atom. The van der Waals surface area contributed by atoms with E-state index in [1.807, 2.05) is 24.4 Å². The van der Waals surface area contributed by atoms with Crippen molar-refractivity contribution in [1.29, 1.82) is 0 Å². The maximum Gasteiger partial charge on any atom is 0.314 e. The van der Waals surface area contributed by atoms with Crippen molar-refractivity contribution < 1.29 is 14.3 Å². The van der Waals surface area contributed by atoms with Gasteiger partial charge >= 0.3 is 6.03 Å². The molecule has 130 valence electrons. The number of aromatic nitrogens is 1. The second-order valence-electron chi connectivity index (χ2n) is 6.08. The van der Waals surface area contributed by atoms with Crippen molar-refractivity contribution in [2.75, 3.05) is 26.8 Å². The quantitative estimate of drug-likeness (QED) is 0.730. The van der Waals surface area contributed by atoms with Gasteiger partial charge in [0.15, 0.2) is 0 Å². The van der Waals surface area contributed by atoms with Gasteiger partial charge in [0.1, 0.15) is 5.75 Å². The molecule has 6 heteroatoms. The fourth-order valence-electron chi connectivity index (χ4n) is 3.08. The third-order valence-corrected chi connectivity index (χ3v) is 4.43. The van der Waals surface area contributed by atoms with E-state index in [1.54, 1.807) is 7.11 Å². The molecule has 1 aliphatic rings. The van der Waals surface area contributed by atoms with Gasteiger partial charge in [0, 0.05) is 36.8 Å². The largest absolute Gasteiger partial charge is 0.497 e. The molecule has 0 bridgehead atoms. The summed E-state index contributed by atoms with van der Waals surface area (Å²) < 4.78 is 10.8. The molecule has 0 radical (unpaired) electrons. The molecule has 1 atom stereocenters. The molecule has 1 aliphatic heterocycles. The van der Waals surface area contributed by atoms with Gasteiger partial charge in [0.2, 0.25) is 0 Å². The summed E-state index contributed by atoms with van der Waals surface area (Å²) in [5.41, 5.74) is 2.25. The Kier molecular flexibility index (Phi) is 5.59. The number of methoxy groups -OCH3 is 1.